The minimum atomic E-state index is -1.08. The molecule has 2 N–H and O–H groups in total. The molecule has 0 aliphatic rings. The van der Waals surface area contributed by atoms with Crippen LogP contribution < -0.4 is 5.32 Å². The van der Waals surface area contributed by atoms with Crippen LogP contribution in [-0.4, -0.2) is 29.3 Å². The first-order valence-corrected chi connectivity index (χ1v) is 6.73. The molecule has 0 bridgehead atoms. The fourth-order valence-corrected chi connectivity index (χ4v) is 1.76. The number of carboxylic acid groups (broad SMARTS) is 1. The lowest BCUT2D eigenvalue weighted by Crippen LogP contribution is -2.32. The van der Waals surface area contributed by atoms with Crippen molar-refractivity contribution in [3.63, 3.8) is 0 Å². The van der Waals surface area contributed by atoms with Crippen molar-refractivity contribution in [2.24, 2.45) is 0 Å². The predicted molar refractivity (Wildman–Crippen MR) is 81.7 cm³/mol. The van der Waals surface area contributed by atoms with E-state index >= 15 is 0 Å². The number of carbonyl (C=O) groups is 2. The molecule has 0 heterocycles. The molecule has 0 aliphatic heterocycles. The summed E-state index contributed by atoms with van der Waals surface area (Å²) in [5, 5.41) is 11.7. The number of halogens is 1. The van der Waals surface area contributed by atoms with E-state index in [1.54, 1.807) is 45.1 Å². The number of ether oxygens (including phenoxy) is 1. The van der Waals surface area contributed by atoms with E-state index in [1.165, 1.54) is 6.07 Å². The summed E-state index contributed by atoms with van der Waals surface area (Å²) < 4.78 is 5.08. The highest BCUT2D eigenvalue weighted by Crippen LogP contribution is 2.22. The number of carbonyl (C=O) groups excluding carboxylic acids is 1. The molecule has 0 atom stereocenters. The van der Waals surface area contributed by atoms with Gasteiger partial charge in [0.15, 0.2) is 0 Å². The normalized spacial score (nSPS) is 11.4. The van der Waals surface area contributed by atoms with Crippen LogP contribution in [0.2, 0.25) is 5.02 Å². The van der Waals surface area contributed by atoms with Gasteiger partial charge in [-0.15, -0.1) is 0 Å². The molecule has 0 unspecified atom stereocenters. The first-order chi connectivity index (χ1) is 9.70. The van der Waals surface area contributed by atoms with Crippen molar-refractivity contribution in [1.82, 2.24) is 5.32 Å². The number of aromatic carboxylic acids is 1. The zero-order valence-corrected chi connectivity index (χ0v) is 12.9. The number of nitrogens with one attached hydrogen (secondary N) is 1. The zero-order chi connectivity index (χ0) is 16.0. The molecule has 5 nitrogen and oxygen atoms in total. The highest BCUT2D eigenvalue weighted by molar-refractivity contribution is 6.34. The lowest BCUT2D eigenvalue weighted by Gasteiger charge is -2.19. The quantitative estimate of drug-likeness (QED) is 0.891. The molecule has 1 aromatic carbocycles. The summed E-state index contributed by atoms with van der Waals surface area (Å²) in [4.78, 5) is 22.4. The summed E-state index contributed by atoms with van der Waals surface area (Å²) in [6.45, 7) is 5.58. The van der Waals surface area contributed by atoms with Crippen molar-refractivity contribution in [2.75, 3.05) is 6.54 Å². The molecule has 0 spiro atoms. The van der Waals surface area contributed by atoms with Crippen molar-refractivity contribution in [3.8, 4) is 0 Å². The van der Waals surface area contributed by atoms with E-state index in [1.807, 2.05) is 0 Å². The fraction of sp³-hybridized carbons (Fsp3) is 0.333. The van der Waals surface area contributed by atoms with Gasteiger partial charge in [-0.1, -0.05) is 35.9 Å². The highest BCUT2D eigenvalue weighted by Gasteiger charge is 2.15. The highest BCUT2D eigenvalue weighted by atomic mass is 35.5. The average molecular weight is 312 g/mol. The van der Waals surface area contributed by atoms with E-state index in [-0.39, 0.29) is 17.1 Å². The second-order valence-corrected chi connectivity index (χ2v) is 5.68. The Bertz CT molecular complexity index is 561. The predicted octanol–water partition coefficient (Wildman–Crippen LogP) is 3.58. The van der Waals surface area contributed by atoms with E-state index in [9.17, 15) is 9.59 Å². The second-order valence-electron chi connectivity index (χ2n) is 5.30. The van der Waals surface area contributed by atoms with Crippen LogP contribution in [0.5, 0.6) is 0 Å². The van der Waals surface area contributed by atoms with Crippen molar-refractivity contribution >= 4 is 29.7 Å². The topological polar surface area (TPSA) is 75.6 Å². The summed E-state index contributed by atoms with van der Waals surface area (Å²) in [6.07, 6.45) is 2.79. The Hall–Kier alpha value is -2.01. The number of hydrogen-bond donors (Lipinski definition) is 2. The van der Waals surface area contributed by atoms with Crippen LogP contribution >= 0.6 is 11.6 Å². The molecule has 0 saturated carbocycles. The summed E-state index contributed by atoms with van der Waals surface area (Å²) in [5.41, 5.74) is 0.0638. The molecule has 0 fully saturated rings. The van der Waals surface area contributed by atoms with Crippen LogP contribution in [-0.2, 0) is 4.74 Å². The zero-order valence-electron chi connectivity index (χ0n) is 12.1. The summed E-state index contributed by atoms with van der Waals surface area (Å²) in [5.74, 6) is -1.08. The van der Waals surface area contributed by atoms with Crippen molar-refractivity contribution in [2.45, 2.75) is 26.4 Å². The van der Waals surface area contributed by atoms with Gasteiger partial charge >= 0.3 is 12.1 Å². The molecule has 0 aliphatic carbocycles. The van der Waals surface area contributed by atoms with Crippen LogP contribution in [0.25, 0.3) is 6.08 Å². The van der Waals surface area contributed by atoms with Gasteiger partial charge in [-0.25, -0.2) is 9.59 Å². The molecule has 1 aromatic rings. The second kappa shape index (κ2) is 7.13. The van der Waals surface area contributed by atoms with Gasteiger partial charge in [-0.05, 0) is 32.4 Å². The maximum Gasteiger partial charge on any atom is 0.407 e. The number of amides is 1. The van der Waals surface area contributed by atoms with Crippen LogP contribution in [0, 0.1) is 0 Å². The lowest BCUT2D eigenvalue weighted by atomic mass is 10.1. The maximum absolute atomic E-state index is 11.4. The number of rotatable bonds is 4. The Morgan fingerprint density at radius 2 is 2.05 bits per heavy atom. The number of alkyl carbamates (subject to hydrolysis) is 1. The number of benzene rings is 1. The Kier molecular flexibility index (Phi) is 5.79. The van der Waals surface area contributed by atoms with Crippen molar-refractivity contribution in [3.05, 3.63) is 40.4 Å². The molecule has 0 radical (unpaired) electrons. The van der Waals surface area contributed by atoms with E-state index in [2.05, 4.69) is 5.32 Å². The SMILES string of the molecule is CC(C)(C)OC(=O)NCC=Cc1cccc(C(=O)O)c1Cl. The van der Waals surface area contributed by atoms with Crippen LogP contribution in [0.15, 0.2) is 24.3 Å². The van der Waals surface area contributed by atoms with Crippen molar-refractivity contribution < 1.29 is 19.4 Å². The van der Waals surface area contributed by atoms with E-state index in [0.717, 1.165) is 0 Å². The first kappa shape index (κ1) is 17.0. The minimum Gasteiger partial charge on any atom is -0.478 e. The van der Waals surface area contributed by atoms with E-state index < -0.39 is 17.7 Å². The fourth-order valence-electron chi connectivity index (χ4n) is 1.49. The Labute approximate surface area is 128 Å². The molecule has 0 saturated heterocycles. The lowest BCUT2D eigenvalue weighted by molar-refractivity contribution is 0.0533. The summed E-state index contributed by atoms with van der Waals surface area (Å²) in [6, 6.07) is 4.73. The Morgan fingerprint density at radius 3 is 2.62 bits per heavy atom. The molecular formula is C15H18ClNO4. The average Bonchev–Trinajstić information content (AvgIpc) is 2.33. The van der Waals surface area contributed by atoms with Crippen LogP contribution in [0.1, 0.15) is 36.7 Å². The molecule has 21 heavy (non-hydrogen) atoms. The molecule has 6 heteroatoms. The molecule has 0 aromatic heterocycles. The molecule has 114 valence electrons. The summed E-state index contributed by atoms with van der Waals surface area (Å²) in [7, 11) is 0. The molecular weight excluding hydrogens is 294 g/mol. The molecule has 1 amide bonds. The Balaban J connectivity index is 2.61. The van der Waals surface area contributed by atoms with Gasteiger partial charge in [0.1, 0.15) is 5.60 Å². The third-order valence-electron chi connectivity index (χ3n) is 2.32. The van der Waals surface area contributed by atoms with Gasteiger partial charge in [0.05, 0.1) is 10.6 Å². The minimum absolute atomic E-state index is 0.0407. The van der Waals surface area contributed by atoms with Crippen LogP contribution in [0.4, 0.5) is 4.79 Å². The largest absolute Gasteiger partial charge is 0.478 e. The van der Waals surface area contributed by atoms with Gasteiger partial charge in [0.2, 0.25) is 0 Å². The number of carboxylic acids is 1. The van der Waals surface area contributed by atoms with E-state index in [4.69, 9.17) is 21.4 Å². The third kappa shape index (κ3) is 5.87. The van der Waals surface area contributed by atoms with Crippen molar-refractivity contribution in [1.29, 1.82) is 0 Å². The van der Waals surface area contributed by atoms with Gasteiger partial charge in [-0.3, -0.25) is 0 Å². The van der Waals surface area contributed by atoms with E-state index in [0.29, 0.717) is 5.56 Å². The number of hydrogen-bond acceptors (Lipinski definition) is 3. The van der Waals surface area contributed by atoms with Gasteiger partial charge in [0, 0.05) is 6.54 Å². The summed E-state index contributed by atoms with van der Waals surface area (Å²) >= 11 is 5.99. The maximum atomic E-state index is 11.4. The van der Waals surface area contributed by atoms with Gasteiger partial charge < -0.3 is 15.2 Å². The van der Waals surface area contributed by atoms with Gasteiger partial charge in [0.25, 0.3) is 0 Å². The standard InChI is InChI=1S/C15H18ClNO4/c1-15(2,3)21-14(20)17-9-5-7-10-6-4-8-11(12(10)16)13(18)19/h4-8H,9H2,1-3H3,(H,17,20)(H,18,19). The third-order valence-corrected chi connectivity index (χ3v) is 2.74. The molecule has 1 rings (SSSR count). The smallest absolute Gasteiger partial charge is 0.407 e. The first-order valence-electron chi connectivity index (χ1n) is 6.36. The van der Waals surface area contributed by atoms with Crippen LogP contribution in [0.3, 0.4) is 0 Å². The Morgan fingerprint density at radius 1 is 1.38 bits per heavy atom. The monoisotopic (exact) mass is 311 g/mol. The van der Waals surface area contributed by atoms with Gasteiger partial charge in [-0.2, -0.15) is 0 Å².